The molecular formula is C14H23N3O3. The molecule has 1 saturated carbocycles. The summed E-state index contributed by atoms with van der Waals surface area (Å²) in [5.41, 5.74) is 1.17. The summed E-state index contributed by atoms with van der Waals surface area (Å²) >= 11 is 0. The summed E-state index contributed by atoms with van der Waals surface area (Å²) in [6.07, 6.45) is 7.81. The van der Waals surface area contributed by atoms with Gasteiger partial charge in [0.1, 0.15) is 0 Å². The Bertz CT molecular complexity index is 437. The van der Waals surface area contributed by atoms with Crippen LogP contribution in [0.15, 0.2) is 0 Å². The Morgan fingerprint density at radius 1 is 1.25 bits per heavy atom. The maximum absolute atomic E-state index is 11.8. The number of nitrogens with zero attached hydrogens (tertiary/aromatic N) is 3. The molecule has 6 heteroatoms. The van der Waals surface area contributed by atoms with Gasteiger partial charge in [-0.25, -0.2) is 9.48 Å². The normalized spacial score (nSPS) is 16.9. The number of esters is 1. The van der Waals surface area contributed by atoms with Crippen molar-refractivity contribution < 1.29 is 14.3 Å². The third-order valence-corrected chi connectivity index (χ3v) is 3.88. The van der Waals surface area contributed by atoms with E-state index in [1.807, 2.05) is 4.68 Å². The molecule has 0 amide bonds. The summed E-state index contributed by atoms with van der Waals surface area (Å²) in [5.74, 6) is -0.420. The highest BCUT2D eigenvalue weighted by molar-refractivity contribution is 5.88. The first-order chi connectivity index (χ1) is 9.77. The topological polar surface area (TPSA) is 66.2 Å². The van der Waals surface area contributed by atoms with Crippen molar-refractivity contribution in [2.45, 2.75) is 51.0 Å². The third kappa shape index (κ3) is 3.36. The lowest BCUT2D eigenvalue weighted by atomic mass is 10.1. The fourth-order valence-corrected chi connectivity index (χ4v) is 2.80. The number of methoxy groups -OCH3 is 2. The summed E-state index contributed by atoms with van der Waals surface area (Å²) in [4.78, 5) is 11.8. The van der Waals surface area contributed by atoms with E-state index in [0.717, 1.165) is 18.5 Å². The molecule has 1 fully saturated rings. The predicted octanol–water partition coefficient (Wildman–Crippen LogP) is 2.15. The molecule has 2 rings (SSSR count). The number of carbonyl (C=O) groups excluding carboxylic acids is 1. The van der Waals surface area contributed by atoms with Crippen molar-refractivity contribution in [1.29, 1.82) is 0 Å². The van der Waals surface area contributed by atoms with Crippen molar-refractivity contribution in [3.63, 3.8) is 0 Å². The first-order valence-electron chi connectivity index (χ1n) is 7.29. The van der Waals surface area contributed by atoms with Gasteiger partial charge in [-0.2, -0.15) is 0 Å². The van der Waals surface area contributed by atoms with Gasteiger partial charge in [0.25, 0.3) is 0 Å². The van der Waals surface area contributed by atoms with Gasteiger partial charge in [0.15, 0.2) is 5.69 Å². The second kappa shape index (κ2) is 7.38. The van der Waals surface area contributed by atoms with Crippen LogP contribution in [0.25, 0.3) is 0 Å². The summed E-state index contributed by atoms with van der Waals surface area (Å²) in [6, 6.07) is 0.343. The molecule has 0 atom stereocenters. The van der Waals surface area contributed by atoms with E-state index in [9.17, 15) is 4.79 Å². The molecule has 1 heterocycles. The first kappa shape index (κ1) is 15.0. The van der Waals surface area contributed by atoms with Gasteiger partial charge in [-0.3, -0.25) is 0 Å². The van der Waals surface area contributed by atoms with E-state index < -0.39 is 5.97 Å². The average Bonchev–Trinajstić information content (AvgIpc) is 2.70. The lowest BCUT2D eigenvalue weighted by molar-refractivity contribution is 0.0592. The number of hydrogen-bond acceptors (Lipinski definition) is 5. The Balaban J connectivity index is 2.25. The molecule has 0 unspecified atom stereocenters. The molecule has 0 saturated heterocycles. The van der Waals surface area contributed by atoms with Crippen molar-refractivity contribution >= 4 is 5.97 Å². The minimum absolute atomic E-state index is 0.328. The van der Waals surface area contributed by atoms with Crippen LogP contribution in [-0.4, -0.2) is 41.8 Å². The second-order valence-corrected chi connectivity index (χ2v) is 5.21. The molecule has 0 radical (unpaired) electrons. The van der Waals surface area contributed by atoms with Crippen LogP contribution < -0.4 is 0 Å². The molecule has 6 nitrogen and oxygen atoms in total. The van der Waals surface area contributed by atoms with E-state index in [4.69, 9.17) is 9.47 Å². The SMILES string of the molecule is COCCc1c(C(=O)OC)nnn1C1CCCCCC1. The quantitative estimate of drug-likeness (QED) is 0.611. The molecule has 112 valence electrons. The van der Waals surface area contributed by atoms with Crippen LogP contribution in [0.4, 0.5) is 0 Å². The smallest absolute Gasteiger partial charge is 0.360 e. The van der Waals surface area contributed by atoms with Crippen molar-refractivity contribution in [2.24, 2.45) is 0 Å². The molecule has 0 spiro atoms. The number of aromatic nitrogens is 3. The molecule has 0 bridgehead atoms. The number of rotatable bonds is 5. The molecule has 1 aliphatic rings. The van der Waals surface area contributed by atoms with Crippen LogP contribution in [0, 0.1) is 0 Å². The Morgan fingerprint density at radius 3 is 2.55 bits per heavy atom. The van der Waals surface area contributed by atoms with Crippen LogP contribution in [0.3, 0.4) is 0 Å². The van der Waals surface area contributed by atoms with Crippen molar-refractivity contribution in [1.82, 2.24) is 15.0 Å². The highest BCUT2D eigenvalue weighted by atomic mass is 16.5. The predicted molar refractivity (Wildman–Crippen MR) is 73.7 cm³/mol. The molecule has 1 aromatic rings. The van der Waals surface area contributed by atoms with E-state index >= 15 is 0 Å². The summed E-state index contributed by atoms with van der Waals surface area (Å²) in [5, 5.41) is 8.24. The van der Waals surface area contributed by atoms with E-state index in [1.165, 1.54) is 32.8 Å². The molecule has 1 aliphatic carbocycles. The number of ether oxygens (including phenoxy) is 2. The van der Waals surface area contributed by atoms with Gasteiger partial charge >= 0.3 is 5.97 Å². The van der Waals surface area contributed by atoms with Crippen molar-refractivity contribution in [3.8, 4) is 0 Å². The standard InChI is InChI=1S/C14H23N3O3/c1-19-10-9-12-13(14(18)20-2)15-16-17(12)11-7-5-3-4-6-8-11/h11H,3-10H2,1-2H3. The second-order valence-electron chi connectivity index (χ2n) is 5.21. The lowest BCUT2D eigenvalue weighted by Gasteiger charge is -2.17. The summed E-state index contributed by atoms with van der Waals surface area (Å²) in [6.45, 7) is 0.546. The van der Waals surface area contributed by atoms with Gasteiger partial charge in [0.2, 0.25) is 0 Å². The van der Waals surface area contributed by atoms with E-state index in [1.54, 1.807) is 7.11 Å². The zero-order valence-electron chi connectivity index (χ0n) is 12.3. The van der Waals surface area contributed by atoms with Crippen LogP contribution in [0.2, 0.25) is 0 Å². The fourth-order valence-electron chi connectivity index (χ4n) is 2.80. The molecule has 0 N–H and O–H groups in total. The highest BCUT2D eigenvalue weighted by Crippen LogP contribution is 2.28. The lowest BCUT2D eigenvalue weighted by Crippen LogP contribution is -2.16. The molecule has 0 aliphatic heterocycles. The Hall–Kier alpha value is -1.43. The average molecular weight is 281 g/mol. The maximum Gasteiger partial charge on any atom is 0.360 e. The van der Waals surface area contributed by atoms with Gasteiger partial charge < -0.3 is 9.47 Å². The molecule has 1 aromatic heterocycles. The fraction of sp³-hybridized carbons (Fsp3) is 0.786. The van der Waals surface area contributed by atoms with E-state index in [-0.39, 0.29) is 0 Å². The van der Waals surface area contributed by atoms with Crippen LogP contribution in [-0.2, 0) is 15.9 Å². The van der Waals surface area contributed by atoms with Gasteiger partial charge in [-0.1, -0.05) is 30.9 Å². The van der Waals surface area contributed by atoms with Crippen LogP contribution in [0.5, 0.6) is 0 Å². The van der Waals surface area contributed by atoms with E-state index in [2.05, 4.69) is 10.3 Å². The molecular weight excluding hydrogens is 258 g/mol. The van der Waals surface area contributed by atoms with Gasteiger partial charge in [-0.05, 0) is 12.8 Å². The Kier molecular flexibility index (Phi) is 5.52. The zero-order chi connectivity index (χ0) is 14.4. The first-order valence-corrected chi connectivity index (χ1v) is 7.29. The minimum Gasteiger partial charge on any atom is -0.464 e. The third-order valence-electron chi connectivity index (χ3n) is 3.88. The maximum atomic E-state index is 11.8. The monoisotopic (exact) mass is 281 g/mol. The van der Waals surface area contributed by atoms with Crippen LogP contribution >= 0.6 is 0 Å². The zero-order valence-corrected chi connectivity index (χ0v) is 12.3. The molecule has 0 aromatic carbocycles. The minimum atomic E-state index is -0.420. The summed E-state index contributed by atoms with van der Waals surface area (Å²) in [7, 11) is 3.02. The van der Waals surface area contributed by atoms with Gasteiger partial charge in [0, 0.05) is 13.5 Å². The van der Waals surface area contributed by atoms with Crippen molar-refractivity contribution in [3.05, 3.63) is 11.4 Å². The molecule has 20 heavy (non-hydrogen) atoms. The largest absolute Gasteiger partial charge is 0.464 e. The van der Waals surface area contributed by atoms with Crippen molar-refractivity contribution in [2.75, 3.05) is 20.8 Å². The van der Waals surface area contributed by atoms with E-state index in [0.29, 0.717) is 24.8 Å². The van der Waals surface area contributed by atoms with Gasteiger partial charge in [0.05, 0.1) is 25.5 Å². The Morgan fingerprint density at radius 2 is 1.95 bits per heavy atom. The van der Waals surface area contributed by atoms with Crippen LogP contribution in [0.1, 0.15) is 60.7 Å². The Labute approximate surface area is 119 Å². The highest BCUT2D eigenvalue weighted by Gasteiger charge is 2.24. The summed E-state index contributed by atoms with van der Waals surface area (Å²) < 4.78 is 11.8. The van der Waals surface area contributed by atoms with Gasteiger partial charge in [-0.15, -0.1) is 5.10 Å². The number of hydrogen-bond donors (Lipinski definition) is 0. The number of carbonyl (C=O) groups is 1.